The van der Waals surface area contributed by atoms with Crippen molar-refractivity contribution in [3.63, 3.8) is 0 Å². The van der Waals surface area contributed by atoms with Gasteiger partial charge in [-0.2, -0.15) is 0 Å². The summed E-state index contributed by atoms with van der Waals surface area (Å²) in [6.45, 7) is 2.07. The summed E-state index contributed by atoms with van der Waals surface area (Å²) in [5.41, 5.74) is 0.928. The number of nitrogens with one attached hydrogen (secondary N) is 1. The van der Waals surface area contributed by atoms with Crippen LogP contribution in [-0.4, -0.2) is 70.3 Å². The van der Waals surface area contributed by atoms with Crippen molar-refractivity contribution < 1.29 is 20.1 Å². The van der Waals surface area contributed by atoms with E-state index in [1.165, 1.54) is 16.4 Å². The predicted molar refractivity (Wildman–Crippen MR) is 97.6 cm³/mol. The first-order valence-electron chi connectivity index (χ1n) is 9.10. The summed E-state index contributed by atoms with van der Waals surface area (Å²) in [6.07, 6.45) is 0.575. The van der Waals surface area contributed by atoms with Crippen LogP contribution in [0.3, 0.4) is 0 Å². The van der Waals surface area contributed by atoms with Crippen molar-refractivity contribution in [2.24, 2.45) is 5.92 Å². The van der Waals surface area contributed by atoms with Crippen LogP contribution in [0.15, 0.2) is 5.16 Å². The minimum absolute atomic E-state index is 0.0585. The Hall–Kier alpha value is -1.98. The number of anilines is 1. The van der Waals surface area contributed by atoms with Gasteiger partial charge >= 0.3 is 5.97 Å². The molecule has 4 rings (SSSR count). The number of hydrogen-bond donors (Lipinski definition) is 4. The van der Waals surface area contributed by atoms with Gasteiger partial charge < -0.3 is 20.6 Å². The van der Waals surface area contributed by atoms with Crippen LogP contribution >= 0.6 is 11.8 Å². The van der Waals surface area contributed by atoms with Crippen LogP contribution in [0.2, 0.25) is 0 Å². The highest BCUT2D eigenvalue weighted by Gasteiger charge is 2.47. The van der Waals surface area contributed by atoms with E-state index in [9.17, 15) is 20.1 Å². The molecule has 0 radical (unpaired) electrons. The Morgan fingerprint density at radius 3 is 2.70 bits per heavy atom. The molecule has 0 aliphatic heterocycles. The number of thioether (sulfide) groups is 1. The molecule has 10 nitrogen and oxygen atoms in total. The van der Waals surface area contributed by atoms with E-state index in [-0.39, 0.29) is 6.42 Å². The monoisotopic (exact) mass is 394 g/mol. The van der Waals surface area contributed by atoms with Crippen LogP contribution in [0.1, 0.15) is 38.6 Å². The number of aromatic nitrogens is 5. The highest BCUT2D eigenvalue weighted by molar-refractivity contribution is 7.99. The molecule has 0 saturated heterocycles. The van der Waals surface area contributed by atoms with E-state index in [1.807, 2.05) is 0 Å². The molecule has 27 heavy (non-hydrogen) atoms. The molecule has 0 amide bonds. The molecular formula is C16H22N6O4S. The summed E-state index contributed by atoms with van der Waals surface area (Å²) < 4.78 is 1.43. The van der Waals surface area contributed by atoms with Crippen LogP contribution < -0.4 is 5.32 Å². The number of aliphatic hydroxyl groups excluding tert-OH is 2. The third-order valence-corrected chi connectivity index (χ3v) is 5.99. The number of rotatable bonds is 7. The highest BCUT2D eigenvalue weighted by Crippen LogP contribution is 2.37. The minimum atomic E-state index is -1.36. The van der Waals surface area contributed by atoms with Crippen LogP contribution in [0.25, 0.3) is 11.2 Å². The Morgan fingerprint density at radius 2 is 2.07 bits per heavy atom. The molecule has 2 saturated carbocycles. The molecule has 0 spiro atoms. The number of hydrogen-bond acceptors (Lipinski definition) is 9. The maximum Gasteiger partial charge on any atom is 0.309 e. The first kappa shape index (κ1) is 18.4. The summed E-state index contributed by atoms with van der Waals surface area (Å²) in [5.74, 6) is -0.723. The fourth-order valence-corrected chi connectivity index (χ4v) is 4.00. The molecule has 2 aliphatic carbocycles. The largest absolute Gasteiger partial charge is 0.481 e. The average Bonchev–Trinajstić information content (AvgIpc) is 3.28. The van der Waals surface area contributed by atoms with Crippen molar-refractivity contribution in [2.45, 2.75) is 62.1 Å². The summed E-state index contributed by atoms with van der Waals surface area (Å²) in [6, 6.07) is -0.341. The van der Waals surface area contributed by atoms with E-state index >= 15 is 0 Å². The molecule has 0 bridgehead atoms. The molecule has 0 aromatic carbocycles. The topological polar surface area (TPSA) is 146 Å². The van der Waals surface area contributed by atoms with Crippen molar-refractivity contribution in [1.29, 1.82) is 0 Å². The lowest BCUT2D eigenvalue weighted by molar-refractivity contribution is -0.145. The first-order valence-corrected chi connectivity index (χ1v) is 10.1. The van der Waals surface area contributed by atoms with Gasteiger partial charge in [-0.3, -0.25) is 4.79 Å². The van der Waals surface area contributed by atoms with Crippen molar-refractivity contribution in [2.75, 3.05) is 11.1 Å². The number of carboxylic acids is 1. The number of nitrogens with zero attached hydrogens (tertiary/aromatic N) is 5. The van der Waals surface area contributed by atoms with Crippen LogP contribution in [0, 0.1) is 5.92 Å². The summed E-state index contributed by atoms with van der Waals surface area (Å²) in [7, 11) is 0. The number of fused-ring (bicyclic) bond motifs is 1. The lowest BCUT2D eigenvalue weighted by Gasteiger charge is -2.16. The summed E-state index contributed by atoms with van der Waals surface area (Å²) in [5, 5.41) is 41.9. The zero-order chi connectivity index (χ0) is 19.1. The van der Waals surface area contributed by atoms with E-state index in [0.717, 1.165) is 25.0 Å². The number of carbonyl (C=O) groups is 1. The molecular weight excluding hydrogens is 372 g/mol. The third kappa shape index (κ3) is 3.46. The average molecular weight is 394 g/mol. The zero-order valence-corrected chi connectivity index (χ0v) is 15.6. The second kappa shape index (κ2) is 7.21. The van der Waals surface area contributed by atoms with Gasteiger partial charge in [-0.25, -0.2) is 14.6 Å². The molecule has 146 valence electrons. The Bertz CT molecular complexity index is 857. The normalized spacial score (nSPS) is 28.0. The van der Waals surface area contributed by atoms with Crippen molar-refractivity contribution in [3.8, 4) is 0 Å². The summed E-state index contributed by atoms with van der Waals surface area (Å²) >= 11 is 1.52. The standard InChI is InChI=1S/C16H22N6O4S/c1-2-5-27-16-18-13(17-7-3-4-7)10-14(19-16)22(21-20-10)9-6-8(15(25)26)11(23)12(9)24/h7-9,11-12,23-24H,2-6H2,1H3,(H,25,26)(H,17,18,19)/t8-,9+,11+,12-/m0/s1. The van der Waals surface area contributed by atoms with E-state index in [1.54, 1.807) is 0 Å². The molecule has 2 heterocycles. The second-order valence-electron chi connectivity index (χ2n) is 7.06. The molecule has 2 aromatic rings. The van der Waals surface area contributed by atoms with Crippen molar-refractivity contribution >= 4 is 34.7 Å². The molecule has 4 N–H and O–H groups in total. The lowest BCUT2D eigenvalue weighted by Crippen LogP contribution is -2.32. The molecule has 2 fully saturated rings. The maximum atomic E-state index is 11.3. The Kier molecular flexibility index (Phi) is 4.91. The predicted octanol–water partition coefficient (Wildman–Crippen LogP) is 0.665. The van der Waals surface area contributed by atoms with Gasteiger partial charge in [-0.15, -0.1) is 5.10 Å². The Morgan fingerprint density at radius 1 is 1.30 bits per heavy atom. The maximum absolute atomic E-state index is 11.3. The molecule has 2 aliphatic rings. The van der Waals surface area contributed by atoms with E-state index in [0.29, 0.717) is 28.2 Å². The molecule has 11 heteroatoms. The van der Waals surface area contributed by atoms with E-state index < -0.39 is 30.1 Å². The zero-order valence-electron chi connectivity index (χ0n) is 14.8. The van der Waals surface area contributed by atoms with Crippen LogP contribution in [-0.2, 0) is 4.79 Å². The smallest absolute Gasteiger partial charge is 0.309 e. The molecule has 2 aromatic heterocycles. The van der Waals surface area contributed by atoms with Gasteiger partial charge in [0.15, 0.2) is 22.1 Å². The molecule has 4 atom stereocenters. The summed E-state index contributed by atoms with van der Waals surface area (Å²) in [4.78, 5) is 20.4. The van der Waals surface area contributed by atoms with Gasteiger partial charge in [0.25, 0.3) is 0 Å². The quantitative estimate of drug-likeness (QED) is 0.390. The van der Waals surface area contributed by atoms with Crippen molar-refractivity contribution in [1.82, 2.24) is 25.0 Å². The third-order valence-electron chi connectivity index (χ3n) is 4.94. The van der Waals surface area contributed by atoms with Crippen LogP contribution in [0.4, 0.5) is 5.82 Å². The number of carboxylic acid groups (broad SMARTS) is 1. The Balaban J connectivity index is 1.73. The number of aliphatic carboxylic acids is 1. The first-order chi connectivity index (χ1) is 13.0. The fraction of sp³-hybridized carbons (Fsp3) is 0.688. The van der Waals surface area contributed by atoms with E-state index in [2.05, 4.69) is 32.5 Å². The van der Waals surface area contributed by atoms with Gasteiger partial charge in [-0.1, -0.05) is 23.9 Å². The Labute approximate surface area is 159 Å². The van der Waals surface area contributed by atoms with Crippen LogP contribution in [0.5, 0.6) is 0 Å². The van der Waals surface area contributed by atoms with Crippen molar-refractivity contribution in [3.05, 3.63) is 0 Å². The van der Waals surface area contributed by atoms with Gasteiger partial charge in [0.1, 0.15) is 6.10 Å². The van der Waals surface area contributed by atoms with Gasteiger partial charge in [0, 0.05) is 11.8 Å². The molecule has 0 unspecified atom stereocenters. The fourth-order valence-electron chi connectivity index (χ4n) is 3.31. The van der Waals surface area contributed by atoms with Gasteiger partial charge in [0.2, 0.25) is 0 Å². The number of aliphatic hydroxyl groups is 2. The minimum Gasteiger partial charge on any atom is -0.481 e. The SMILES string of the molecule is CCCSc1nc(NC2CC2)c2nnn([C@@H]3C[C@H](C(=O)O)[C@@H](O)[C@H]3O)c2n1. The van der Waals surface area contributed by atoms with Gasteiger partial charge in [0.05, 0.1) is 18.1 Å². The lowest BCUT2D eigenvalue weighted by atomic mass is 10.1. The highest BCUT2D eigenvalue weighted by atomic mass is 32.2. The van der Waals surface area contributed by atoms with E-state index in [4.69, 9.17) is 0 Å². The van der Waals surface area contributed by atoms with Gasteiger partial charge in [-0.05, 0) is 25.7 Å². The second-order valence-corrected chi connectivity index (χ2v) is 8.12.